The Labute approximate surface area is 292 Å². The first-order chi connectivity index (χ1) is 24.0. The van der Waals surface area contributed by atoms with Gasteiger partial charge in [-0.3, -0.25) is 14.4 Å². The van der Waals surface area contributed by atoms with E-state index in [1.54, 1.807) is 91.0 Å². The molecule has 3 N–H and O–H groups in total. The molecule has 0 aliphatic heterocycles. The fourth-order valence-electron chi connectivity index (χ4n) is 4.81. The molecule has 0 spiro atoms. The summed E-state index contributed by atoms with van der Waals surface area (Å²) in [6.45, 7) is 0. The van der Waals surface area contributed by atoms with Crippen molar-refractivity contribution in [2.45, 2.75) is 16.3 Å². The summed E-state index contributed by atoms with van der Waals surface area (Å²) in [5.41, 5.74) is 2.36. The minimum atomic E-state index is -4.55. The molecule has 5 aromatic rings. The van der Waals surface area contributed by atoms with Crippen molar-refractivity contribution >= 4 is 52.6 Å². The predicted octanol–water partition coefficient (Wildman–Crippen LogP) is 8.65. The average Bonchev–Trinajstić information content (AvgIpc) is 3.11. The third-order valence-electron chi connectivity index (χ3n) is 7.41. The molecule has 254 valence electrons. The van der Waals surface area contributed by atoms with Gasteiger partial charge in [-0.2, -0.15) is 13.2 Å². The van der Waals surface area contributed by atoms with Crippen molar-refractivity contribution in [3.8, 4) is 0 Å². The van der Waals surface area contributed by atoms with Crippen LogP contribution in [0.4, 0.5) is 30.2 Å². The van der Waals surface area contributed by atoms with E-state index in [0.717, 1.165) is 17.8 Å². The molecule has 0 saturated heterocycles. The number of thioether (sulfide) groups is 1. The molecule has 3 amide bonds. The zero-order valence-electron chi connectivity index (χ0n) is 27.1. The Morgan fingerprint density at radius 1 is 0.720 bits per heavy atom. The van der Waals surface area contributed by atoms with Crippen LogP contribution in [0.1, 0.15) is 32.3 Å². The largest absolute Gasteiger partial charge is 0.416 e. The maximum Gasteiger partial charge on any atom is 0.416 e. The number of hydrogen-bond donors (Lipinski definition) is 3. The van der Waals surface area contributed by atoms with Gasteiger partial charge in [0.2, 0.25) is 5.91 Å². The minimum absolute atomic E-state index is 0.0290. The van der Waals surface area contributed by atoms with Gasteiger partial charge in [-0.05, 0) is 83.9 Å². The van der Waals surface area contributed by atoms with Crippen molar-refractivity contribution in [3.63, 3.8) is 0 Å². The van der Waals surface area contributed by atoms with Crippen molar-refractivity contribution < 1.29 is 27.6 Å². The van der Waals surface area contributed by atoms with Gasteiger partial charge in [0.1, 0.15) is 10.9 Å². The predicted molar refractivity (Wildman–Crippen MR) is 193 cm³/mol. The van der Waals surface area contributed by atoms with Crippen LogP contribution in [0, 0.1) is 0 Å². The van der Waals surface area contributed by atoms with E-state index >= 15 is 0 Å². The molecule has 0 heterocycles. The van der Waals surface area contributed by atoms with Gasteiger partial charge in [0.05, 0.1) is 5.56 Å². The minimum Gasteiger partial charge on any atom is -0.378 e. The van der Waals surface area contributed by atoms with E-state index < -0.39 is 34.7 Å². The summed E-state index contributed by atoms with van der Waals surface area (Å²) in [5.74, 6) is -1.49. The Balaban J connectivity index is 1.33. The summed E-state index contributed by atoms with van der Waals surface area (Å²) < 4.78 is 39.8. The lowest BCUT2D eigenvalue weighted by atomic mass is 10.1. The molecule has 5 rings (SSSR count). The van der Waals surface area contributed by atoms with Crippen molar-refractivity contribution in [2.75, 3.05) is 29.6 Å². The topological polar surface area (TPSA) is 90.5 Å². The second-order valence-electron chi connectivity index (χ2n) is 11.3. The Morgan fingerprint density at radius 2 is 1.36 bits per heavy atom. The standard InChI is InChI=1S/C39H33F3N4O3S/c1-46(2)32-20-16-26(17-21-32)24-34(45-36(47)28-12-7-4-8-13-28)37(48)43-30-18-22-33(23-19-30)50-35(27-10-5-3-6-11-27)38(49)44-31-15-9-14-29(25-31)39(40,41)42/h3-25,35H,1-2H3,(H,43,48)(H,44,49)(H,45,47)/b34-24-. The second-order valence-corrected chi connectivity index (χ2v) is 12.5. The highest BCUT2D eigenvalue weighted by atomic mass is 32.2. The third kappa shape index (κ3) is 9.64. The van der Waals surface area contributed by atoms with Gasteiger partial charge in [0, 0.05) is 41.6 Å². The first kappa shape index (κ1) is 35.5. The molecule has 1 atom stereocenters. The molecule has 0 radical (unpaired) electrons. The summed E-state index contributed by atoms with van der Waals surface area (Å²) >= 11 is 1.20. The average molecular weight is 695 g/mol. The van der Waals surface area contributed by atoms with Gasteiger partial charge in [-0.1, -0.05) is 66.7 Å². The van der Waals surface area contributed by atoms with Gasteiger partial charge in [-0.25, -0.2) is 0 Å². The smallest absolute Gasteiger partial charge is 0.378 e. The van der Waals surface area contributed by atoms with E-state index in [4.69, 9.17) is 0 Å². The first-order valence-electron chi connectivity index (χ1n) is 15.4. The Hall–Kier alpha value is -5.81. The number of halogens is 3. The number of alkyl halides is 3. The normalized spacial score (nSPS) is 12.1. The summed E-state index contributed by atoms with van der Waals surface area (Å²) in [5, 5.41) is 7.37. The Morgan fingerprint density at radius 3 is 1.98 bits per heavy atom. The number of anilines is 3. The molecular formula is C39H33F3N4O3S. The Kier molecular flexibility index (Phi) is 11.4. The molecule has 1 unspecified atom stereocenters. The highest BCUT2D eigenvalue weighted by molar-refractivity contribution is 8.00. The van der Waals surface area contributed by atoms with E-state index in [-0.39, 0.29) is 11.4 Å². The summed E-state index contributed by atoms with van der Waals surface area (Å²) in [6.07, 6.45) is -2.96. The van der Waals surface area contributed by atoms with E-state index in [9.17, 15) is 27.6 Å². The van der Waals surface area contributed by atoms with E-state index in [1.165, 1.54) is 23.9 Å². The third-order valence-corrected chi connectivity index (χ3v) is 8.68. The molecule has 0 aliphatic carbocycles. The lowest BCUT2D eigenvalue weighted by Gasteiger charge is -2.18. The molecule has 0 aromatic heterocycles. The summed E-state index contributed by atoms with van der Waals surface area (Å²) in [6, 6.07) is 36.2. The van der Waals surface area contributed by atoms with Crippen molar-refractivity contribution in [1.82, 2.24) is 5.32 Å². The van der Waals surface area contributed by atoms with Crippen molar-refractivity contribution in [2.24, 2.45) is 0 Å². The van der Waals surface area contributed by atoms with Gasteiger partial charge in [-0.15, -0.1) is 11.8 Å². The molecule has 0 fully saturated rings. The fourth-order valence-corrected chi connectivity index (χ4v) is 5.84. The fraction of sp³-hybridized carbons (Fsp3) is 0.103. The highest BCUT2D eigenvalue weighted by Gasteiger charge is 2.31. The van der Waals surface area contributed by atoms with Crippen LogP contribution in [0.25, 0.3) is 6.08 Å². The molecule has 50 heavy (non-hydrogen) atoms. The molecule has 0 bridgehead atoms. The number of benzene rings is 5. The number of nitrogens with zero attached hydrogens (tertiary/aromatic N) is 1. The number of carbonyl (C=O) groups excluding carboxylic acids is 3. The van der Waals surface area contributed by atoms with Crippen molar-refractivity contribution in [1.29, 1.82) is 0 Å². The molecule has 11 heteroatoms. The monoisotopic (exact) mass is 694 g/mol. The molecule has 5 aromatic carbocycles. The van der Waals surface area contributed by atoms with Gasteiger partial charge < -0.3 is 20.9 Å². The maximum absolute atomic E-state index is 13.5. The lowest BCUT2D eigenvalue weighted by Crippen LogP contribution is -2.30. The number of rotatable bonds is 11. The maximum atomic E-state index is 13.5. The zero-order chi connectivity index (χ0) is 35.7. The SMILES string of the molecule is CN(C)c1ccc(/C=C(\NC(=O)c2ccccc2)C(=O)Nc2ccc(SC(C(=O)Nc3cccc(C(F)(F)F)c3)c3ccccc3)cc2)cc1. The Bertz CT molecular complexity index is 1970. The highest BCUT2D eigenvalue weighted by Crippen LogP contribution is 2.37. The number of hydrogen-bond acceptors (Lipinski definition) is 5. The molecule has 7 nitrogen and oxygen atoms in total. The van der Waals surface area contributed by atoms with Crippen LogP contribution in [0.2, 0.25) is 0 Å². The van der Waals surface area contributed by atoms with E-state index in [2.05, 4.69) is 16.0 Å². The number of amides is 3. The quantitative estimate of drug-likeness (QED) is 0.0952. The first-order valence-corrected chi connectivity index (χ1v) is 16.3. The zero-order valence-corrected chi connectivity index (χ0v) is 27.9. The van der Waals surface area contributed by atoms with Crippen LogP contribution in [-0.4, -0.2) is 31.8 Å². The van der Waals surface area contributed by atoms with E-state index in [0.29, 0.717) is 27.3 Å². The van der Waals surface area contributed by atoms with Crippen LogP contribution < -0.4 is 20.9 Å². The van der Waals surface area contributed by atoms with Gasteiger partial charge in [0.25, 0.3) is 11.8 Å². The number of nitrogens with one attached hydrogen (secondary N) is 3. The van der Waals surface area contributed by atoms with Gasteiger partial charge in [0.15, 0.2) is 0 Å². The molecular weight excluding hydrogens is 662 g/mol. The van der Waals surface area contributed by atoms with Gasteiger partial charge >= 0.3 is 6.18 Å². The molecule has 0 saturated carbocycles. The van der Waals surface area contributed by atoms with Crippen LogP contribution in [0.5, 0.6) is 0 Å². The molecule has 0 aliphatic rings. The van der Waals surface area contributed by atoms with Crippen molar-refractivity contribution in [3.05, 3.63) is 161 Å². The lowest BCUT2D eigenvalue weighted by molar-refractivity contribution is -0.137. The van der Waals surface area contributed by atoms with Crippen LogP contribution in [0.15, 0.2) is 144 Å². The summed E-state index contributed by atoms with van der Waals surface area (Å²) in [4.78, 5) is 42.6. The van der Waals surface area contributed by atoms with Crippen LogP contribution in [0.3, 0.4) is 0 Å². The number of carbonyl (C=O) groups is 3. The van der Waals surface area contributed by atoms with E-state index in [1.807, 2.05) is 43.3 Å². The second kappa shape index (κ2) is 16.1. The van der Waals surface area contributed by atoms with Crippen LogP contribution >= 0.6 is 11.8 Å². The summed E-state index contributed by atoms with van der Waals surface area (Å²) in [7, 11) is 3.84. The van der Waals surface area contributed by atoms with Crippen LogP contribution in [-0.2, 0) is 15.8 Å².